The number of hydrogen-bond acceptors (Lipinski definition) is 1. The molecule has 0 saturated carbocycles. The molecule has 1 aromatic rings. The van der Waals surface area contributed by atoms with Crippen molar-refractivity contribution in [3.8, 4) is 0 Å². The van der Waals surface area contributed by atoms with Crippen molar-refractivity contribution in [1.29, 1.82) is 0 Å². The first-order valence-electron chi connectivity index (χ1n) is 5.06. The van der Waals surface area contributed by atoms with E-state index < -0.39 is 11.6 Å². The van der Waals surface area contributed by atoms with Crippen LogP contribution in [0.5, 0.6) is 0 Å². The summed E-state index contributed by atoms with van der Waals surface area (Å²) >= 11 is 0. The molecule has 3 heteroatoms. The van der Waals surface area contributed by atoms with E-state index in [1.165, 1.54) is 6.07 Å². The van der Waals surface area contributed by atoms with Crippen LogP contribution in [0.25, 0.3) is 0 Å². The van der Waals surface area contributed by atoms with Gasteiger partial charge in [-0.25, -0.2) is 8.78 Å². The Morgan fingerprint density at radius 2 is 1.73 bits per heavy atom. The third-order valence-corrected chi connectivity index (χ3v) is 2.29. The van der Waals surface area contributed by atoms with Crippen LogP contribution >= 0.6 is 0 Å². The average molecular weight is 213 g/mol. The molecular formula is C12H17F2N. The van der Waals surface area contributed by atoms with E-state index in [4.69, 9.17) is 0 Å². The Bertz CT molecular complexity index is 345. The van der Waals surface area contributed by atoms with Crippen LogP contribution in [0.2, 0.25) is 0 Å². The molecule has 0 aliphatic carbocycles. The third kappa shape index (κ3) is 2.99. The zero-order valence-electron chi connectivity index (χ0n) is 9.57. The van der Waals surface area contributed by atoms with Crippen molar-refractivity contribution in [2.24, 2.45) is 0 Å². The van der Waals surface area contributed by atoms with E-state index in [0.717, 1.165) is 11.6 Å². The van der Waals surface area contributed by atoms with Gasteiger partial charge in [-0.05, 0) is 31.5 Å². The highest BCUT2D eigenvalue weighted by atomic mass is 19.2. The van der Waals surface area contributed by atoms with Gasteiger partial charge in [-0.3, -0.25) is 0 Å². The van der Waals surface area contributed by atoms with Gasteiger partial charge in [-0.2, -0.15) is 0 Å². The minimum atomic E-state index is -0.806. The third-order valence-electron chi connectivity index (χ3n) is 2.29. The Morgan fingerprint density at radius 1 is 1.13 bits per heavy atom. The second-order valence-electron chi connectivity index (χ2n) is 4.55. The zero-order chi connectivity index (χ0) is 11.6. The van der Waals surface area contributed by atoms with Crippen LogP contribution in [0.3, 0.4) is 0 Å². The molecule has 0 aliphatic heterocycles. The lowest BCUT2D eigenvalue weighted by atomic mass is 9.93. The monoisotopic (exact) mass is 213 g/mol. The van der Waals surface area contributed by atoms with Gasteiger partial charge < -0.3 is 5.32 Å². The number of benzene rings is 1. The Hall–Kier alpha value is -0.960. The van der Waals surface area contributed by atoms with Gasteiger partial charge in [0.2, 0.25) is 0 Å². The molecule has 0 spiro atoms. The van der Waals surface area contributed by atoms with Gasteiger partial charge in [0.15, 0.2) is 11.6 Å². The molecule has 0 aliphatic rings. The first kappa shape index (κ1) is 12.1. The lowest BCUT2D eigenvalue weighted by molar-refractivity contribution is 0.362. The zero-order valence-corrected chi connectivity index (χ0v) is 9.57. The Labute approximate surface area is 89.5 Å². The highest BCUT2D eigenvalue weighted by Gasteiger charge is 2.22. The molecule has 0 fully saturated rings. The van der Waals surface area contributed by atoms with Crippen LogP contribution in [-0.2, 0) is 5.54 Å². The molecule has 0 unspecified atom stereocenters. The molecule has 0 saturated heterocycles. The molecule has 1 aromatic carbocycles. The van der Waals surface area contributed by atoms with Crippen LogP contribution in [0.15, 0.2) is 18.2 Å². The van der Waals surface area contributed by atoms with Gasteiger partial charge in [0.25, 0.3) is 0 Å². The summed E-state index contributed by atoms with van der Waals surface area (Å²) < 4.78 is 25.8. The van der Waals surface area contributed by atoms with Crippen LogP contribution in [0, 0.1) is 11.6 Å². The van der Waals surface area contributed by atoms with E-state index in [9.17, 15) is 8.78 Å². The SMILES string of the molecule is CC(C)NC(C)(C)c1ccc(F)c(F)c1. The standard InChI is InChI=1S/C12H17F2N/c1-8(2)15-12(3,4)9-5-6-10(13)11(14)7-9/h5-8,15H,1-4H3. The molecule has 0 amide bonds. The van der Waals surface area contributed by atoms with Gasteiger partial charge in [0, 0.05) is 11.6 Å². The van der Waals surface area contributed by atoms with Crippen molar-refractivity contribution < 1.29 is 8.78 Å². The number of rotatable bonds is 3. The number of halogens is 2. The molecule has 0 heterocycles. The Morgan fingerprint density at radius 3 is 2.20 bits per heavy atom. The van der Waals surface area contributed by atoms with E-state index in [1.54, 1.807) is 6.07 Å². The van der Waals surface area contributed by atoms with Crippen LogP contribution in [-0.4, -0.2) is 6.04 Å². The highest BCUT2D eigenvalue weighted by molar-refractivity contribution is 5.24. The summed E-state index contributed by atoms with van der Waals surface area (Å²) in [5, 5.41) is 3.29. The summed E-state index contributed by atoms with van der Waals surface area (Å²) in [5.41, 5.74) is 0.387. The Balaban J connectivity index is 2.99. The fourth-order valence-electron chi connectivity index (χ4n) is 1.69. The first-order chi connectivity index (χ1) is 6.83. The van der Waals surface area contributed by atoms with Gasteiger partial charge in [-0.15, -0.1) is 0 Å². The molecule has 84 valence electrons. The van der Waals surface area contributed by atoms with Crippen LogP contribution in [0.1, 0.15) is 33.3 Å². The van der Waals surface area contributed by atoms with E-state index >= 15 is 0 Å². The maximum Gasteiger partial charge on any atom is 0.159 e. The van der Waals surface area contributed by atoms with Crippen LogP contribution < -0.4 is 5.32 Å². The lowest BCUT2D eigenvalue weighted by Crippen LogP contribution is -2.41. The van der Waals surface area contributed by atoms with Crippen molar-refractivity contribution in [3.63, 3.8) is 0 Å². The summed E-state index contributed by atoms with van der Waals surface area (Å²) in [6, 6.07) is 4.29. The topological polar surface area (TPSA) is 12.0 Å². The van der Waals surface area contributed by atoms with Gasteiger partial charge in [0.05, 0.1) is 0 Å². The number of hydrogen-bond donors (Lipinski definition) is 1. The molecule has 15 heavy (non-hydrogen) atoms. The molecule has 0 radical (unpaired) electrons. The summed E-state index contributed by atoms with van der Waals surface area (Å²) in [6.07, 6.45) is 0. The van der Waals surface area contributed by atoms with Crippen molar-refractivity contribution in [2.45, 2.75) is 39.3 Å². The lowest BCUT2D eigenvalue weighted by Gasteiger charge is -2.29. The molecule has 1 rings (SSSR count). The molecular weight excluding hydrogens is 196 g/mol. The number of nitrogens with one attached hydrogen (secondary N) is 1. The van der Waals surface area contributed by atoms with E-state index in [-0.39, 0.29) is 11.6 Å². The first-order valence-corrected chi connectivity index (χ1v) is 5.06. The van der Waals surface area contributed by atoms with Gasteiger partial charge in [0.1, 0.15) is 0 Å². The quantitative estimate of drug-likeness (QED) is 0.813. The minimum Gasteiger partial charge on any atom is -0.306 e. The largest absolute Gasteiger partial charge is 0.306 e. The van der Waals surface area contributed by atoms with Crippen molar-refractivity contribution in [3.05, 3.63) is 35.4 Å². The summed E-state index contributed by atoms with van der Waals surface area (Å²) in [5.74, 6) is -1.61. The van der Waals surface area contributed by atoms with E-state index in [0.29, 0.717) is 0 Å². The average Bonchev–Trinajstić information content (AvgIpc) is 2.07. The van der Waals surface area contributed by atoms with Crippen molar-refractivity contribution >= 4 is 0 Å². The summed E-state index contributed by atoms with van der Waals surface area (Å²) in [4.78, 5) is 0. The maximum absolute atomic E-state index is 13.0. The Kier molecular flexibility index (Phi) is 3.45. The second-order valence-corrected chi connectivity index (χ2v) is 4.55. The fourth-order valence-corrected chi connectivity index (χ4v) is 1.69. The normalized spacial score (nSPS) is 12.2. The van der Waals surface area contributed by atoms with Gasteiger partial charge >= 0.3 is 0 Å². The molecule has 0 bridgehead atoms. The molecule has 0 atom stereocenters. The van der Waals surface area contributed by atoms with Crippen molar-refractivity contribution in [2.75, 3.05) is 0 Å². The summed E-state index contributed by atoms with van der Waals surface area (Å²) in [6.45, 7) is 7.92. The smallest absolute Gasteiger partial charge is 0.159 e. The van der Waals surface area contributed by atoms with Gasteiger partial charge in [-0.1, -0.05) is 19.9 Å². The molecule has 0 aromatic heterocycles. The predicted molar refractivity (Wildman–Crippen MR) is 57.7 cm³/mol. The van der Waals surface area contributed by atoms with E-state index in [2.05, 4.69) is 5.32 Å². The fraction of sp³-hybridized carbons (Fsp3) is 0.500. The molecule has 1 N–H and O–H groups in total. The maximum atomic E-state index is 13.0. The van der Waals surface area contributed by atoms with Crippen molar-refractivity contribution in [1.82, 2.24) is 5.32 Å². The van der Waals surface area contributed by atoms with E-state index in [1.807, 2.05) is 27.7 Å². The molecule has 1 nitrogen and oxygen atoms in total. The van der Waals surface area contributed by atoms with Crippen LogP contribution in [0.4, 0.5) is 8.78 Å². The second kappa shape index (κ2) is 4.27. The highest BCUT2D eigenvalue weighted by Crippen LogP contribution is 2.22. The minimum absolute atomic E-state index is 0.285. The summed E-state index contributed by atoms with van der Waals surface area (Å²) in [7, 11) is 0. The predicted octanol–water partition coefficient (Wildman–Crippen LogP) is 3.20.